The van der Waals surface area contributed by atoms with E-state index in [1.54, 1.807) is 0 Å². The van der Waals surface area contributed by atoms with Crippen LogP contribution in [0, 0.1) is 6.92 Å². The summed E-state index contributed by atoms with van der Waals surface area (Å²) in [6.45, 7) is 1.91. The number of hydrogen-bond donors (Lipinski definition) is 0. The third kappa shape index (κ3) is 1.61. The molecule has 3 rings (SSSR count). The minimum atomic E-state index is 0.745. The molecule has 17 heavy (non-hydrogen) atoms. The van der Waals surface area contributed by atoms with Gasteiger partial charge in [-0.05, 0) is 35.2 Å². The van der Waals surface area contributed by atoms with Gasteiger partial charge in [-0.2, -0.15) is 0 Å². The van der Waals surface area contributed by atoms with E-state index in [0.29, 0.717) is 0 Å². The predicted octanol–water partition coefficient (Wildman–Crippen LogP) is 2.47. The third-order valence-electron chi connectivity index (χ3n) is 2.49. The molecular weight excluding hydrogens is 302 g/mol. The second-order valence-corrected chi connectivity index (χ2v) is 5.16. The number of halogens is 1. The Morgan fingerprint density at radius 1 is 1.29 bits per heavy atom. The normalized spacial score (nSPS) is 11.5. The standard InChI is InChI=1S/C10H8BrN5S/c1-5-14-15-9-7(11)3-6-4-12-10(17-2)13-8(6)16(5)9/h3-4H,1-2H3. The monoisotopic (exact) mass is 309 g/mol. The molecule has 3 aromatic rings. The van der Waals surface area contributed by atoms with Crippen LogP contribution >= 0.6 is 27.7 Å². The van der Waals surface area contributed by atoms with E-state index in [4.69, 9.17) is 0 Å². The number of rotatable bonds is 1. The SMILES string of the molecule is CSc1ncc2cc(Br)c3nnc(C)n3c2n1. The van der Waals surface area contributed by atoms with Crippen LogP contribution in [-0.4, -0.2) is 30.8 Å². The fraction of sp³-hybridized carbons (Fsp3) is 0.200. The molecule has 0 saturated carbocycles. The number of aromatic nitrogens is 5. The molecule has 0 bridgehead atoms. The first-order chi connectivity index (χ1) is 8.20. The number of pyridine rings is 1. The Hall–Kier alpha value is -1.21. The summed E-state index contributed by atoms with van der Waals surface area (Å²) in [5, 5.41) is 9.91. The maximum atomic E-state index is 4.51. The van der Waals surface area contributed by atoms with Gasteiger partial charge < -0.3 is 0 Å². The molecule has 0 aliphatic heterocycles. The molecule has 0 fully saturated rings. The van der Waals surface area contributed by atoms with Crippen LogP contribution in [0.5, 0.6) is 0 Å². The number of nitrogens with zero attached hydrogens (tertiary/aromatic N) is 5. The molecule has 0 aliphatic carbocycles. The first kappa shape index (κ1) is 10.9. The van der Waals surface area contributed by atoms with Gasteiger partial charge in [-0.15, -0.1) is 10.2 Å². The molecule has 0 saturated heterocycles. The van der Waals surface area contributed by atoms with Crippen LogP contribution in [0.1, 0.15) is 5.82 Å². The summed E-state index contributed by atoms with van der Waals surface area (Å²) < 4.78 is 2.83. The van der Waals surface area contributed by atoms with Gasteiger partial charge in [0.1, 0.15) is 5.82 Å². The Morgan fingerprint density at radius 2 is 2.12 bits per heavy atom. The zero-order valence-electron chi connectivity index (χ0n) is 9.18. The summed E-state index contributed by atoms with van der Waals surface area (Å²) in [6.07, 6.45) is 3.77. The van der Waals surface area contributed by atoms with Gasteiger partial charge in [-0.25, -0.2) is 9.97 Å². The van der Waals surface area contributed by atoms with Crippen molar-refractivity contribution in [1.82, 2.24) is 24.6 Å². The Morgan fingerprint density at radius 3 is 2.88 bits per heavy atom. The zero-order valence-corrected chi connectivity index (χ0v) is 11.6. The van der Waals surface area contributed by atoms with E-state index in [1.807, 2.05) is 29.8 Å². The van der Waals surface area contributed by atoms with Crippen molar-refractivity contribution in [3.8, 4) is 0 Å². The van der Waals surface area contributed by atoms with Crippen molar-refractivity contribution in [2.24, 2.45) is 0 Å². The van der Waals surface area contributed by atoms with Crippen molar-refractivity contribution in [1.29, 1.82) is 0 Å². The van der Waals surface area contributed by atoms with E-state index in [2.05, 4.69) is 36.1 Å². The van der Waals surface area contributed by atoms with Gasteiger partial charge in [-0.1, -0.05) is 11.8 Å². The summed E-state index contributed by atoms with van der Waals surface area (Å²) in [5.74, 6) is 0.817. The minimum Gasteiger partial charge on any atom is -0.262 e. The highest BCUT2D eigenvalue weighted by Crippen LogP contribution is 2.24. The summed E-state index contributed by atoms with van der Waals surface area (Å²) in [7, 11) is 0. The molecule has 0 atom stereocenters. The Balaban J connectivity index is 2.54. The van der Waals surface area contributed by atoms with Crippen molar-refractivity contribution in [2.75, 3.05) is 6.26 Å². The van der Waals surface area contributed by atoms with Crippen molar-refractivity contribution in [3.05, 3.63) is 22.6 Å². The molecule has 5 nitrogen and oxygen atoms in total. The van der Waals surface area contributed by atoms with Crippen LogP contribution in [-0.2, 0) is 0 Å². The molecule has 3 heterocycles. The molecule has 0 radical (unpaired) electrons. The van der Waals surface area contributed by atoms with E-state index in [-0.39, 0.29) is 0 Å². The molecule has 0 amide bonds. The summed E-state index contributed by atoms with van der Waals surface area (Å²) in [6, 6.07) is 1.96. The first-order valence-corrected chi connectivity index (χ1v) is 6.93. The Labute approximate surface area is 110 Å². The molecular formula is C10H8BrN5S. The number of fused-ring (bicyclic) bond motifs is 3. The van der Waals surface area contributed by atoms with E-state index in [0.717, 1.165) is 32.1 Å². The average Bonchev–Trinajstić information content (AvgIpc) is 2.72. The number of aryl methyl sites for hydroxylation is 1. The van der Waals surface area contributed by atoms with Gasteiger partial charge in [0.25, 0.3) is 0 Å². The van der Waals surface area contributed by atoms with Crippen molar-refractivity contribution in [3.63, 3.8) is 0 Å². The van der Waals surface area contributed by atoms with Crippen molar-refractivity contribution < 1.29 is 0 Å². The molecule has 0 N–H and O–H groups in total. The maximum absolute atomic E-state index is 4.51. The number of thioether (sulfide) groups is 1. The first-order valence-electron chi connectivity index (χ1n) is 4.91. The highest BCUT2D eigenvalue weighted by molar-refractivity contribution is 9.10. The third-order valence-corrected chi connectivity index (χ3v) is 3.63. The van der Waals surface area contributed by atoms with Gasteiger partial charge in [0, 0.05) is 11.6 Å². The Bertz CT molecular complexity index is 723. The van der Waals surface area contributed by atoms with Crippen molar-refractivity contribution in [2.45, 2.75) is 12.1 Å². The maximum Gasteiger partial charge on any atom is 0.189 e. The van der Waals surface area contributed by atoms with Crippen molar-refractivity contribution >= 4 is 44.4 Å². The highest BCUT2D eigenvalue weighted by atomic mass is 79.9. The fourth-order valence-corrected chi connectivity index (χ4v) is 2.56. The van der Waals surface area contributed by atoms with Gasteiger partial charge in [0.05, 0.1) is 4.47 Å². The molecule has 0 aliphatic rings. The van der Waals surface area contributed by atoms with Crippen LogP contribution in [0.4, 0.5) is 0 Å². The number of hydrogen-bond acceptors (Lipinski definition) is 5. The van der Waals surface area contributed by atoms with Crippen LogP contribution in [0.25, 0.3) is 16.7 Å². The highest BCUT2D eigenvalue weighted by Gasteiger charge is 2.11. The zero-order chi connectivity index (χ0) is 12.0. The predicted molar refractivity (Wildman–Crippen MR) is 70.3 cm³/mol. The lowest BCUT2D eigenvalue weighted by molar-refractivity contribution is 0.959. The van der Waals surface area contributed by atoms with E-state index in [1.165, 1.54) is 11.8 Å². The molecule has 0 aromatic carbocycles. The Kier molecular flexibility index (Phi) is 2.52. The molecule has 7 heteroatoms. The smallest absolute Gasteiger partial charge is 0.189 e. The lowest BCUT2D eigenvalue weighted by atomic mass is 10.3. The quantitative estimate of drug-likeness (QED) is 0.510. The molecule has 86 valence electrons. The summed E-state index contributed by atoms with van der Waals surface area (Å²) in [4.78, 5) is 8.77. The fourth-order valence-electron chi connectivity index (χ4n) is 1.72. The van der Waals surface area contributed by atoms with E-state index >= 15 is 0 Å². The second kappa shape index (κ2) is 3.92. The topological polar surface area (TPSA) is 56.0 Å². The summed E-state index contributed by atoms with van der Waals surface area (Å²) >= 11 is 5.00. The lowest BCUT2D eigenvalue weighted by Gasteiger charge is -2.04. The van der Waals surface area contributed by atoms with E-state index in [9.17, 15) is 0 Å². The lowest BCUT2D eigenvalue weighted by Crippen LogP contribution is -1.97. The van der Waals surface area contributed by atoms with Crippen LogP contribution in [0.2, 0.25) is 0 Å². The van der Waals surface area contributed by atoms with Gasteiger partial charge in [0.15, 0.2) is 16.5 Å². The van der Waals surface area contributed by atoms with Crippen LogP contribution < -0.4 is 0 Å². The van der Waals surface area contributed by atoms with Gasteiger partial charge in [-0.3, -0.25) is 4.40 Å². The second-order valence-electron chi connectivity index (χ2n) is 3.53. The van der Waals surface area contributed by atoms with Gasteiger partial charge in [0.2, 0.25) is 0 Å². The van der Waals surface area contributed by atoms with Gasteiger partial charge >= 0.3 is 0 Å². The minimum absolute atomic E-state index is 0.745. The van der Waals surface area contributed by atoms with Crippen LogP contribution in [0.3, 0.4) is 0 Å². The molecule has 0 unspecified atom stereocenters. The van der Waals surface area contributed by atoms with Crippen LogP contribution in [0.15, 0.2) is 21.9 Å². The largest absolute Gasteiger partial charge is 0.262 e. The molecule has 0 spiro atoms. The average molecular weight is 310 g/mol. The molecule has 3 aromatic heterocycles. The summed E-state index contributed by atoms with van der Waals surface area (Å²) in [5.41, 5.74) is 1.62. The van der Waals surface area contributed by atoms with E-state index < -0.39 is 0 Å².